The summed E-state index contributed by atoms with van der Waals surface area (Å²) in [5, 5.41) is 0.194. The van der Waals surface area contributed by atoms with Crippen molar-refractivity contribution in [2.75, 3.05) is 0 Å². The lowest BCUT2D eigenvalue weighted by atomic mass is 9.71. The number of rotatable bonds is 5. The van der Waals surface area contributed by atoms with Gasteiger partial charge in [0.05, 0.1) is 5.02 Å². The first-order valence-electron chi connectivity index (χ1n) is 7.63. The van der Waals surface area contributed by atoms with E-state index in [-0.39, 0.29) is 22.3 Å². The molecule has 1 saturated carbocycles. The average Bonchev–Trinajstić information content (AvgIpc) is 2.84. The van der Waals surface area contributed by atoms with Crippen molar-refractivity contribution in [2.45, 2.75) is 58.4 Å². The van der Waals surface area contributed by atoms with Crippen molar-refractivity contribution < 1.29 is 4.39 Å². The van der Waals surface area contributed by atoms with E-state index in [4.69, 9.17) is 17.3 Å². The minimum absolute atomic E-state index is 0.0142. The zero-order chi connectivity index (χ0) is 14.8. The first kappa shape index (κ1) is 15.8. The summed E-state index contributed by atoms with van der Waals surface area (Å²) in [6.07, 6.45) is 6.56. The van der Waals surface area contributed by atoms with Crippen molar-refractivity contribution in [2.24, 2.45) is 17.1 Å². The molecule has 1 atom stereocenters. The highest BCUT2D eigenvalue weighted by Crippen LogP contribution is 2.46. The first-order chi connectivity index (χ1) is 9.44. The molecule has 1 aromatic rings. The molecule has 3 heteroatoms. The fourth-order valence-corrected chi connectivity index (χ4v) is 3.97. The van der Waals surface area contributed by atoms with Crippen LogP contribution in [0.3, 0.4) is 0 Å². The van der Waals surface area contributed by atoms with Gasteiger partial charge in [-0.25, -0.2) is 4.39 Å². The summed E-state index contributed by atoms with van der Waals surface area (Å²) >= 11 is 5.86. The largest absolute Gasteiger partial charge is 0.327 e. The zero-order valence-corrected chi connectivity index (χ0v) is 13.2. The molecule has 0 radical (unpaired) electrons. The second-order valence-electron chi connectivity index (χ2n) is 6.69. The van der Waals surface area contributed by atoms with Crippen molar-refractivity contribution in [3.05, 3.63) is 34.6 Å². The smallest absolute Gasteiger partial charge is 0.145 e. The molecule has 0 bridgehead atoms. The predicted octanol–water partition coefficient (Wildman–Crippen LogP) is 4.96. The van der Waals surface area contributed by atoms with Crippen LogP contribution in [-0.4, -0.2) is 6.04 Å². The lowest BCUT2D eigenvalue weighted by molar-refractivity contribution is 0.181. The van der Waals surface area contributed by atoms with Gasteiger partial charge in [-0.15, -0.1) is 0 Å². The molecule has 112 valence electrons. The number of benzene rings is 1. The third-order valence-corrected chi connectivity index (χ3v) is 4.96. The molecule has 0 aromatic heterocycles. The van der Waals surface area contributed by atoms with Gasteiger partial charge in [0.1, 0.15) is 5.82 Å². The van der Waals surface area contributed by atoms with Gasteiger partial charge in [0.25, 0.3) is 0 Å². The van der Waals surface area contributed by atoms with Crippen LogP contribution in [0.25, 0.3) is 0 Å². The van der Waals surface area contributed by atoms with Gasteiger partial charge in [-0.3, -0.25) is 0 Å². The fraction of sp³-hybridized carbons (Fsp3) is 0.647. The Morgan fingerprint density at radius 3 is 2.55 bits per heavy atom. The Hall–Kier alpha value is -0.600. The summed E-state index contributed by atoms with van der Waals surface area (Å²) < 4.78 is 14.0. The summed E-state index contributed by atoms with van der Waals surface area (Å²) in [5.74, 6) is 0.325. The molecule has 2 N–H and O–H groups in total. The number of hydrogen-bond acceptors (Lipinski definition) is 1. The summed E-state index contributed by atoms with van der Waals surface area (Å²) in [5.41, 5.74) is 7.34. The van der Waals surface area contributed by atoms with E-state index in [1.807, 2.05) is 0 Å². The number of nitrogens with two attached hydrogens (primary N) is 1. The Morgan fingerprint density at radius 1 is 1.30 bits per heavy atom. The summed E-state index contributed by atoms with van der Waals surface area (Å²) in [7, 11) is 0. The summed E-state index contributed by atoms with van der Waals surface area (Å²) in [6.45, 7) is 4.49. The number of halogens is 2. The third kappa shape index (κ3) is 3.35. The van der Waals surface area contributed by atoms with Crippen LogP contribution >= 0.6 is 11.6 Å². The van der Waals surface area contributed by atoms with Gasteiger partial charge in [0, 0.05) is 6.04 Å². The molecule has 1 aliphatic rings. The van der Waals surface area contributed by atoms with Gasteiger partial charge in [-0.1, -0.05) is 50.4 Å². The average molecular weight is 298 g/mol. The summed E-state index contributed by atoms with van der Waals surface area (Å²) in [6, 6.07) is 5.21. The minimum atomic E-state index is -0.303. The molecule has 2 rings (SSSR count). The first-order valence-corrected chi connectivity index (χ1v) is 8.01. The molecule has 0 aliphatic heterocycles. The molecule has 1 aromatic carbocycles. The Bertz CT molecular complexity index is 452. The molecule has 0 amide bonds. The van der Waals surface area contributed by atoms with Gasteiger partial charge in [0.2, 0.25) is 0 Å². The van der Waals surface area contributed by atoms with Gasteiger partial charge in [-0.05, 0) is 48.6 Å². The molecular formula is C17H25ClFN. The van der Waals surface area contributed by atoms with Crippen LogP contribution in [-0.2, 0) is 6.42 Å². The van der Waals surface area contributed by atoms with Gasteiger partial charge < -0.3 is 5.73 Å². The number of hydrogen-bond donors (Lipinski definition) is 1. The molecule has 0 heterocycles. The quantitative estimate of drug-likeness (QED) is 0.817. The lowest BCUT2D eigenvalue weighted by Gasteiger charge is -2.37. The standard InChI is InChI=1S/C17H25ClFN/c1-12(2)11-17(8-3-4-9-17)15(20)10-13-6-5-7-14(18)16(13)19/h5-7,12,15H,3-4,8-11,20H2,1-2H3. The van der Waals surface area contributed by atoms with Crippen molar-refractivity contribution in [3.8, 4) is 0 Å². The maximum Gasteiger partial charge on any atom is 0.145 e. The van der Waals surface area contributed by atoms with Crippen molar-refractivity contribution in [1.82, 2.24) is 0 Å². The molecule has 1 aliphatic carbocycles. The molecule has 0 spiro atoms. The van der Waals surface area contributed by atoms with Crippen molar-refractivity contribution in [1.29, 1.82) is 0 Å². The van der Waals surface area contributed by atoms with Crippen LogP contribution in [0.4, 0.5) is 4.39 Å². The molecule has 1 nitrogen and oxygen atoms in total. The highest BCUT2D eigenvalue weighted by atomic mass is 35.5. The van der Waals surface area contributed by atoms with Crippen LogP contribution in [0.5, 0.6) is 0 Å². The Morgan fingerprint density at radius 2 is 1.95 bits per heavy atom. The van der Waals surface area contributed by atoms with Crippen molar-refractivity contribution in [3.63, 3.8) is 0 Å². The Balaban J connectivity index is 2.16. The zero-order valence-electron chi connectivity index (χ0n) is 12.5. The van der Waals surface area contributed by atoms with Gasteiger partial charge in [0.15, 0.2) is 0 Å². The molecule has 0 saturated heterocycles. The van der Waals surface area contributed by atoms with E-state index in [0.29, 0.717) is 17.9 Å². The van der Waals surface area contributed by atoms with E-state index in [0.717, 1.165) is 6.42 Å². The van der Waals surface area contributed by atoms with E-state index in [1.54, 1.807) is 18.2 Å². The molecule has 20 heavy (non-hydrogen) atoms. The topological polar surface area (TPSA) is 26.0 Å². The molecule has 1 unspecified atom stereocenters. The normalized spacial score (nSPS) is 19.5. The maximum absolute atomic E-state index is 14.0. The van der Waals surface area contributed by atoms with E-state index in [2.05, 4.69) is 13.8 Å². The monoisotopic (exact) mass is 297 g/mol. The van der Waals surface area contributed by atoms with E-state index < -0.39 is 0 Å². The molecule has 1 fully saturated rings. The SMILES string of the molecule is CC(C)CC1(C(N)Cc2cccc(Cl)c2F)CCCC1. The molecular weight excluding hydrogens is 273 g/mol. The predicted molar refractivity (Wildman–Crippen MR) is 83.4 cm³/mol. The van der Waals surface area contributed by atoms with E-state index >= 15 is 0 Å². The van der Waals surface area contributed by atoms with Gasteiger partial charge in [-0.2, -0.15) is 0 Å². The van der Waals surface area contributed by atoms with Crippen LogP contribution in [0, 0.1) is 17.2 Å². The van der Waals surface area contributed by atoms with Crippen LogP contribution in [0.2, 0.25) is 5.02 Å². The second-order valence-corrected chi connectivity index (χ2v) is 7.10. The Labute approximate surface area is 126 Å². The second kappa shape index (κ2) is 6.44. The van der Waals surface area contributed by atoms with Crippen molar-refractivity contribution >= 4 is 11.6 Å². The van der Waals surface area contributed by atoms with E-state index in [1.165, 1.54) is 25.7 Å². The lowest BCUT2D eigenvalue weighted by Crippen LogP contribution is -2.42. The highest BCUT2D eigenvalue weighted by Gasteiger charge is 2.39. The van der Waals surface area contributed by atoms with E-state index in [9.17, 15) is 4.39 Å². The highest BCUT2D eigenvalue weighted by molar-refractivity contribution is 6.30. The maximum atomic E-state index is 14.0. The minimum Gasteiger partial charge on any atom is -0.327 e. The van der Waals surface area contributed by atoms with Crippen LogP contribution in [0.15, 0.2) is 18.2 Å². The van der Waals surface area contributed by atoms with Crippen LogP contribution < -0.4 is 5.73 Å². The third-order valence-electron chi connectivity index (χ3n) is 4.67. The summed E-state index contributed by atoms with van der Waals surface area (Å²) in [4.78, 5) is 0. The van der Waals surface area contributed by atoms with Gasteiger partial charge >= 0.3 is 0 Å². The Kier molecular flexibility index (Phi) is 5.09. The fourth-order valence-electron chi connectivity index (χ4n) is 3.78. The van der Waals surface area contributed by atoms with Crippen LogP contribution in [0.1, 0.15) is 51.5 Å².